The highest BCUT2D eigenvalue weighted by atomic mass is 127. The van der Waals surface area contributed by atoms with Crippen molar-refractivity contribution in [1.82, 2.24) is 4.98 Å². The summed E-state index contributed by atoms with van der Waals surface area (Å²) in [5.41, 5.74) is 2.72. The van der Waals surface area contributed by atoms with E-state index in [1.54, 1.807) is 53.7 Å². The highest BCUT2D eigenvalue weighted by molar-refractivity contribution is 14.1. The van der Waals surface area contributed by atoms with Crippen molar-refractivity contribution < 1.29 is 13.9 Å². The molecule has 0 radical (unpaired) electrons. The van der Waals surface area contributed by atoms with E-state index in [-0.39, 0.29) is 18.1 Å². The number of anilines is 1. The number of aromatic nitrogens is 1. The summed E-state index contributed by atoms with van der Waals surface area (Å²) in [6, 6.07) is 22.8. The molecule has 36 heavy (non-hydrogen) atoms. The molecule has 1 aliphatic rings. The highest BCUT2D eigenvalue weighted by Crippen LogP contribution is 2.45. The molecule has 0 bridgehead atoms. The molecule has 2 heterocycles. The van der Waals surface area contributed by atoms with Gasteiger partial charge < -0.3 is 4.74 Å². The van der Waals surface area contributed by atoms with E-state index in [9.17, 15) is 9.18 Å². The minimum atomic E-state index is -0.913. The highest BCUT2D eigenvalue weighted by Gasteiger charge is 2.45. The third kappa shape index (κ3) is 5.27. The molecule has 0 saturated carbocycles. The van der Waals surface area contributed by atoms with Crippen LogP contribution in [0.4, 0.5) is 10.1 Å². The van der Waals surface area contributed by atoms with Crippen molar-refractivity contribution in [2.45, 2.75) is 24.7 Å². The SMILES string of the molecule is O=C1C(Cc2ccc(I)cc2F)O[C@H](c2ccc(Cl)cc2)[C@H](c2ccc(Cl)cc2)N1c1cccnc1. The van der Waals surface area contributed by atoms with E-state index in [1.165, 1.54) is 6.07 Å². The first kappa shape index (κ1) is 25.1. The average Bonchev–Trinajstić information content (AvgIpc) is 2.88. The Morgan fingerprint density at radius 2 is 1.61 bits per heavy atom. The fraction of sp³-hybridized carbons (Fsp3) is 0.143. The molecule has 4 aromatic rings. The Hall–Kier alpha value is -2.52. The molecule has 0 aliphatic carbocycles. The summed E-state index contributed by atoms with van der Waals surface area (Å²) in [6.07, 6.45) is 1.92. The molecule has 1 saturated heterocycles. The maximum atomic E-state index is 14.8. The predicted octanol–water partition coefficient (Wildman–Crippen LogP) is 7.59. The van der Waals surface area contributed by atoms with Crippen molar-refractivity contribution >= 4 is 57.4 Å². The van der Waals surface area contributed by atoms with Gasteiger partial charge in [-0.25, -0.2) is 4.39 Å². The van der Waals surface area contributed by atoms with Gasteiger partial charge in [0.25, 0.3) is 5.91 Å². The monoisotopic (exact) mass is 632 g/mol. The number of amides is 1. The number of carbonyl (C=O) groups excluding carboxylic acids is 1. The van der Waals surface area contributed by atoms with Gasteiger partial charge in [0.05, 0.1) is 17.9 Å². The summed E-state index contributed by atoms with van der Waals surface area (Å²) < 4.78 is 22.1. The van der Waals surface area contributed by atoms with Crippen LogP contribution in [0.1, 0.15) is 28.8 Å². The summed E-state index contributed by atoms with van der Waals surface area (Å²) in [7, 11) is 0. The van der Waals surface area contributed by atoms with Crippen LogP contribution in [0.5, 0.6) is 0 Å². The summed E-state index contributed by atoms with van der Waals surface area (Å²) in [5, 5.41) is 1.18. The molecule has 1 fully saturated rings. The first-order valence-electron chi connectivity index (χ1n) is 11.2. The number of ether oxygens (including phenoxy) is 1. The van der Waals surface area contributed by atoms with Crippen molar-refractivity contribution in [2.75, 3.05) is 4.90 Å². The van der Waals surface area contributed by atoms with Gasteiger partial charge in [-0.1, -0.05) is 53.5 Å². The Kier molecular flexibility index (Phi) is 7.57. The normalized spacial score (nSPS) is 19.9. The third-order valence-electron chi connectivity index (χ3n) is 6.14. The second-order valence-electron chi connectivity index (χ2n) is 8.45. The van der Waals surface area contributed by atoms with Crippen LogP contribution in [0.2, 0.25) is 10.0 Å². The fourth-order valence-electron chi connectivity index (χ4n) is 4.44. The number of hydrogen-bond donors (Lipinski definition) is 0. The summed E-state index contributed by atoms with van der Waals surface area (Å²) in [5.74, 6) is -0.639. The fourth-order valence-corrected chi connectivity index (χ4v) is 5.15. The van der Waals surface area contributed by atoms with Crippen LogP contribution >= 0.6 is 45.8 Å². The molecule has 0 spiro atoms. The zero-order chi connectivity index (χ0) is 25.2. The number of carbonyl (C=O) groups is 1. The van der Waals surface area contributed by atoms with Crippen LogP contribution in [-0.4, -0.2) is 17.0 Å². The standard InChI is InChI=1S/C28H20Cl2FIN2O2/c29-20-8-3-17(4-9-20)26-27(18-5-10-21(30)11-6-18)36-25(14-19-7-12-22(32)15-24(19)31)28(35)34(26)23-2-1-13-33-16-23/h1-13,15-16,25-27H,14H2/t25?,26-,27+/m0/s1. The van der Waals surface area contributed by atoms with Gasteiger partial charge in [0, 0.05) is 26.2 Å². The van der Waals surface area contributed by atoms with E-state index in [2.05, 4.69) is 27.6 Å². The Morgan fingerprint density at radius 3 is 2.22 bits per heavy atom. The van der Waals surface area contributed by atoms with Gasteiger partial charge in [-0.2, -0.15) is 0 Å². The maximum Gasteiger partial charge on any atom is 0.257 e. The van der Waals surface area contributed by atoms with E-state index in [1.807, 2.05) is 36.4 Å². The molecule has 1 amide bonds. The zero-order valence-electron chi connectivity index (χ0n) is 18.8. The lowest BCUT2D eigenvalue weighted by Gasteiger charge is -2.44. The average molecular weight is 633 g/mol. The molecule has 3 atom stereocenters. The van der Waals surface area contributed by atoms with E-state index >= 15 is 0 Å². The van der Waals surface area contributed by atoms with Gasteiger partial charge in [0.15, 0.2) is 0 Å². The van der Waals surface area contributed by atoms with Crippen LogP contribution < -0.4 is 4.90 Å². The molecule has 1 aromatic heterocycles. The van der Waals surface area contributed by atoms with Crippen LogP contribution in [-0.2, 0) is 16.0 Å². The van der Waals surface area contributed by atoms with Gasteiger partial charge in [0.1, 0.15) is 18.0 Å². The van der Waals surface area contributed by atoms with Gasteiger partial charge in [0.2, 0.25) is 0 Å². The lowest BCUT2D eigenvalue weighted by atomic mass is 9.90. The van der Waals surface area contributed by atoms with Crippen molar-refractivity contribution in [3.8, 4) is 0 Å². The van der Waals surface area contributed by atoms with Gasteiger partial charge in [-0.05, 0) is 87.8 Å². The second-order valence-corrected chi connectivity index (χ2v) is 10.6. The molecule has 182 valence electrons. The molecule has 4 nitrogen and oxygen atoms in total. The molecular weight excluding hydrogens is 613 g/mol. The molecular formula is C28H20Cl2FIN2O2. The zero-order valence-corrected chi connectivity index (χ0v) is 22.5. The third-order valence-corrected chi connectivity index (χ3v) is 7.32. The van der Waals surface area contributed by atoms with Crippen molar-refractivity contribution in [3.63, 3.8) is 0 Å². The topological polar surface area (TPSA) is 42.4 Å². The Balaban J connectivity index is 1.64. The van der Waals surface area contributed by atoms with Crippen molar-refractivity contribution in [3.05, 3.63) is 127 Å². The molecule has 3 aromatic carbocycles. The van der Waals surface area contributed by atoms with Gasteiger partial charge in [-0.15, -0.1) is 0 Å². The van der Waals surface area contributed by atoms with Crippen LogP contribution in [0.15, 0.2) is 91.3 Å². The first-order valence-corrected chi connectivity index (χ1v) is 13.1. The Labute approximate surface area is 232 Å². The Bertz CT molecular complexity index is 1370. The molecule has 5 rings (SSSR count). The first-order chi connectivity index (χ1) is 17.4. The predicted molar refractivity (Wildman–Crippen MR) is 148 cm³/mol. The summed E-state index contributed by atoms with van der Waals surface area (Å²) in [6.45, 7) is 0. The minimum absolute atomic E-state index is 0.0930. The van der Waals surface area contributed by atoms with Crippen molar-refractivity contribution in [2.24, 2.45) is 0 Å². The van der Waals surface area contributed by atoms with Crippen LogP contribution in [0.25, 0.3) is 0 Å². The number of halogens is 4. The number of nitrogens with zero attached hydrogens (tertiary/aromatic N) is 2. The van der Waals surface area contributed by atoms with Gasteiger partial charge >= 0.3 is 0 Å². The number of hydrogen-bond acceptors (Lipinski definition) is 3. The smallest absolute Gasteiger partial charge is 0.257 e. The molecule has 1 unspecified atom stereocenters. The number of benzene rings is 3. The lowest BCUT2D eigenvalue weighted by molar-refractivity contribution is -0.145. The summed E-state index contributed by atoms with van der Waals surface area (Å²) in [4.78, 5) is 19.9. The van der Waals surface area contributed by atoms with Gasteiger partial charge in [-0.3, -0.25) is 14.7 Å². The molecule has 1 aliphatic heterocycles. The van der Waals surface area contributed by atoms with Crippen LogP contribution in [0, 0.1) is 9.39 Å². The van der Waals surface area contributed by atoms with E-state index in [4.69, 9.17) is 27.9 Å². The second kappa shape index (κ2) is 10.8. The van der Waals surface area contributed by atoms with E-state index in [0.717, 1.165) is 14.7 Å². The Morgan fingerprint density at radius 1 is 0.944 bits per heavy atom. The molecule has 0 N–H and O–H groups in total. The lowest BCUT2D eigenvalue weighted by Crippen LogP contribution is -2.52. The van der Waals surface area contributed by atoms with E-state index in [0.29, 0.717) is 21.3 Å². The number of morpholine rings is 1. The minimum Gasteiger partial charge on any atom is -0.358 e. The largest absolute Gasteiger partial charge is 0.358 e. The quantitative estimate of drug-likeness (QED) is 0.213. The number of rotatable bonds is 5. The maximum absolute atomic E-state index is 14.8. The van der Waals surface area contributed by atoms with Crippen LogP contribution in [0.3, 0.4) is 0 Å². The van der Waals surface area contributed by atoms with E-state index < -0.39 is 18.2 Å². The van der Waals surface area contributed by atoms with Crippen molar-refractivity contribution in [1.29, 1.82) is 0 Å². The summed E-state index contributed by atoms with van der Waals surface area (Å²) >= 11 is 14.4. The number of pyridine rings is 1. The molecule has 8 heteroatoms.